The van der Waals surface area contributed by atoms with Crippen LogP contribution < -0.4 is 15.9 Å². The Morgan fingerprint density at radius 2 is 1.55 bits per heavy atom. The second kappa shape index (κ2) is 10.3. The topological polar surface area (TPSA) is 83.4 Å². The average Bonchev–Trinajstić information content (AvgIpc) is 3.22. The average molecular weight is 539 g/mol. The van der Waals surface area contributed by atoms with Crippen LogP contribution in [0.4, 0.5) is 0 Å². The second-order valence-corrected chi connectivity index (χ2v) is 11.0. The van der Waals surface area contributed by atoms with E-state index in [9.17, 15) is 14.4 Å². The number of aryl methyl sites for hydroxylation is 2. The molecule has 0 aliphatic carbocycles. The number of carbonyl (C=O) groups is 1. The molecular formula is C33H34N2O5. The van der Waals surface area contributed by atoms with Gasteiger partial charge in [-0.1, -0.05) is 57.2 Å². The number of ketones is 1. The van der Waals surface area contributed by atoms with E-state index < -0.39 is 6.10 Å². The Kier molecular flexibility index (Phi) is 7.00. The van der Waals surface area contributed by atoms with E-state index in [1.165, 1.54) is 0 Å². The summed E-state index contributed by atoms with van der Waals surface area (Å²) in [5.74, 6) is -0.0336. The minimum atomic E-state index is -0.982. The van der Waals surface area contributed by atoms with Gasteiger partial charge in [0.25, 0.3) is 0 Å². The number of nitrogens with zero attached hydrogens (tertiary/aromatic N) is 2. The summed E-state index contributed by atoms with van der Waals surface area (Å²) in [4.78, 5) is 40.0. The summed E-state index contributed by atoms with van der Waals surface area (Å²) in [6.45, 7) is 12.9. The van der Waals surface area contributed by atoms with Crippen LogP contribution in [0.2, 0.25) is 0 Å². The molecule has 0 radical (unpaired) electrons. The molecule has 0 aliphatic heterocycles. The summed E-state index contributed by atoms with van der Waals surface area (Å²) < 4.78 is 15.7. The normalized spacial score (nSPS) is 12.7. The van der Waals surface area contributed by atoms with Crippen molar-refractivity contribution in [1.82, 2.24) is 9.13 Å². The quantitative estimate of drug-likeness (QED) is 0.219. The molecule has 2 heterocycles. The number of para-hydroxylation sites is 1. The predicted octanol–water partition coefficient (Wildman–Crippen LogP) is 6.56. The smallest absolute Gasteiger partial charge is 0.329 e. The van der Waals surface area contributed by atoms with Gasteiger partial charge in [-0.3, -0.25) is 18.7 Å². The number of rotatable bonds is 7. The largest absolute Gasteiger partial charge is 0.475 e. The lowest BCUT2D eigenvalue weighted by molar-refractivity contribution is 0.0815. The van der Waals surface area contributed by atoms with Gasteiger partial charge in [0.15, 0.2) is 11.9 Å². The number of benzene rings is 3. The van der Waals surface area contributed by atoms with Crippen molar-refractivity contribution in [3.8, 4) is 17.1 Å². The number of carbonyl (C=O) groups excluding carboxylic acids is 1. The van der Waals surface area contributed by atoms with Crippen molar-refractivity contribution in [3.05, 3.63) is 98.6 Å². The molecule has 0 N–H and O–H groups in total. The maximum absolute atomic E-state index is 13.6. The first-order chi connectivity index (χ1) is 19.0. The predicted molar refractivity (Wildman–Crippen MR) is 159 cm³/mol. The van der Waals surface area contributed by atoms with Gasteiger partial charge in [0.05, 0.1) is 16.4 Å². The van der Waals surface area contributed by atoms with Gasteiger partial charge in [-0.15, -0.1) is 0 Å². The summed E-state index contributed by atoms with van der Waals surface area (Å²) in [5, 5.41) is 0.376. The molecule has 5 aromatic rings. The van der Waals surface area contributed by atoms with Gasteiger partial charge >= 0.3 is 5.69 Å². The first-order valence-corrected chi connectivity index (χ1v) is 13.7. The van der Waals surface area contributed by atoms with Gasteiger partial charge in [-0.25, -0.2) is 4.79 Å². The summed E-state index contributed by atoms with van der Waals surface area (Å²) in [6.07, 6.45) is -0.982. The molecule has 0 spiro atoms. The molecule has 5 rings (SSSR count). The van der Waals surface area contributed by atoms with Crippen LogP contribution in [0.5, 0.6) is 5.75 Å². The van der Waals surface area contributed by atoms with Gasteiger partial charge < -0.3 is 9.15 Å². The molecule has 206 valence electrons. The molecule has 1 atom stereocenters. The Morgan fingerprint density at radius 1 is 0.900 bits per heavy atom. The number of hydrogen-bond acceptors (Lipinski definition) is 5. The van der Waals surface area contributed by atoms with Crippen LogP contribution in [-0.2, 0) is 18.5 Å². The minimum Gasteiger partial charge on any atom is -0.475 e. The number of aromatic nitrogens is 2. The monoisotopic (exact) mass is 538 g/mol. The standard InChI is InChI=1S/C33H34N2O5/c1-7-34-25-18-15-22(19-26(25)35(8-2)32(34)38)28(36)20(3)39-31-29(37)24-11-9-10-12-27(24)40-30(31)21-13-16-23(17-14-21)33(4,5)6/h9-20H,7-8H2,1-6H3. The number of imidazole rings is 1. The molecule has 0 saturated carbocycles. The highest BCUT2D eigenvalue weighted by molar-refractivity contribution is 6.02. The third kappa shape index (κ3) is 4.66. The number of Topliss-reactive ketones (excluding diaryl/α,β-unsaturated/α-hetero) is 1. The summed E-state index contributed by atoms with van der Waals surface area (Å²) in [7, 11) is 0. The molecule has 0 aliphatic rings. The van der Waals surface area contributed by atoms with E-state index in [1.54, 1.807) is 52.5 Å². The molecule has 0 saturated heterocycles. The Hall–Kier alpha value is -4.39. The van der Waals surface area contributed by atoms with E-state index in [-0.39, 0.29) is 33.8 Å². The zero-order chi connectivity index (χ0) is 28.8. The highest BCUT2D eigenvalue weighted by Crippen LogP contribution is 2.33. The molecular weight excluding hydrogens is 504 g/mol. The van der Waals surface area contributed by atoms with E-state index in [1.807, 2.05) is 44.2 Å². The number of ether oxygens (including phenoxy) is 1. The Morgan fingerprint density at radius 3 is 2.20 bits per heavy atom. The highest BCUT2D eigenvalue weighted by Gasteiger charge is 2.25. The van der Waals surface area contributed by atoms with E-state index in [0.717, 1.165) is 11.1 Å². The summed E-state index contributed by atoms with van der Waals surface area (Å²) in [5.41, 5.74) is 3.65. The van der Waals surface area contributed by atoms with E-state index in [0.29, 0.717) is 40.7 Å². The van der Waals surface area contributed by atoms with Gasteiger partial charge in [0.2, 0.25) is 17.0 Å². The molecule has 3 aromatic carbocycles. The molecule has 0 amide bonds. The van der Waals surface area contributed by atoms with E-state index >= 15 is 0 Å². The lowest BCUT2D eigenvalue weighted by Crippen LogP contribution is -2.27. The molecule has 7 heteroatoms. The fourth-order valence-corrected chi connectivity index (χ4v) is 5.09. The van der Waals surface area contributed by atoms with Crippen molar-refractivity contribution in [2.75, 3.05) is 0 Å². The van der Waals surface area contributed by atoms with Crippen molar-refractivity contribution >= 4 is 27.8 Å². The van der Waals surface area contributed by atoms with Crippen LogP contribution in [0.25, 0.3) is 33.3 Å². The zero-order valence-electron chi connectivity index (χ0n) is 23.8. The second-order valence-electron chi connectivity index (χ2n) is 11.0. The van der Waals surface area contributed by atoms with Gasteiger partial charge in [-0.05, 0) is 62.1 Å². The first-order valence-electron chi connectivity index (χ1n) is 13.7. The van der Waals surface area contributed by atoms with Gasteiger partial charge in [-0.2, -0.15) is 0 Å². The lowest BCUT2D eigenvalue weighted by atomic mass is 9.86. The third-order valence-corrected chi connectivity index (χ3v) is 7.37. The van der Waals surface area contributed by atoms with E-state index in [2.05, 4.69) is 20.8 Å². The highest BCUT2D eigenvalue weighted by atomic mass is 16.5. The third-order valence-electron chi connectivity index (χ3n) is 7.37. The molecule has 0 fully saturated rings. The summed E-state index contributed by atoms with van der Waals surface area (Å²) >= 11 is 0. The lowest BCUT2D eigenvalue weighted by Gasteiger charge is -2.20. The van der Waals surface area contributed by atoms with Crippen LogP contribution in [0, 0.1) is 0 Å². The molecule has 7 nitrogen and oxygen atoms in total. The maximum Gasteiger partial charge on any atom is 0.329 e. The van der Waals surface area contributed by atoms with Crippen molar-refractivity contribution in [2.24, 2.45) is 0 Å². The zero-order valence-corrected chi connectivity index (χ0v) is 23.8. The summed E-state index contributed by atoms with van der Waals surface area (Å²) in [6, 6.07) is 20.0. The van der Waals surface area contributed by atoms with Gasteiger partial charge in [0.1, 0.15) is 5.58 Å². The first kappa shape index (κ1) is 27.2. The Balaban J connectivity index is 1.57. The van der Waals surface area contributed by atoms with Crippen molar-refractivity contribution in [1.29, 1.82) is 0 Å². The maximum atomic E-state index is 13.6. The molecule has 0 bridgehead atoms. The van der Waals surface area contributed by atoms with Crippen LogP contribution in [0.3, 0.4) is 0 Å². The van der Waals surface area contributed by atoms with Crippen molar-refractivity contribution in [3.63, 3.8) is 0 Å². The van der Waals surface area contributed by atoms with Crippen LogP contribution in [0.1, 0.15) is 57.5 Å². The number of hydrogen-bond donors (Lipinski definition) is 0. The molecule has 2 aromatic heterocycles. The number of fused-ring (bicyclic) bond motifs is 2. The van der Waals surface area contributed by atoms with Crippen molar-refractivity contribution < 1.29 is 13.9 Å². The van der Waals surface area contributed by atoms with Crippen molar-refractivity contribution in [2.45, 2.75) is 66.2 Å². The van der Waals surface area contributed by atoms with Gasteiger partial charge in [0, 0.05) is 24.2 Å². The molecule has 40 heavy (non-hydrogen) atoms. The Bertz CT molecular complexity index is 1850. The SMILES string of the molecule is CCn1c(=O)n(CC)c2cc(C(=O)C(C)Oc3c(-c4ccc(C(C)(C)C)cc4)oc4ccccc4c3=O)ccc21. The van der Waals surface area contributed by atoms with Crippen LogP contribution >= 0.6 is 0 Å². The fraction of sp³-hybridized carbons (Fsp3) is 0.303. The van der Waals surface area contributed by atoms with Crippen LogP contribution in [0.15, 0.2) is 80.7 Å². The molecule has 1 unspecified atom stereocenters. The van der Waals surface area contributed by atoms with E-state index in [4.69, 9.17) is 9.15 Å². The minimum absolute atomic E-state index is 0.00765. The fourth-order valence-electron chi connectivity index (χ4n) is 5.09. The Labute approximate surface area is 232 Å². The van der Waals surface area contributed by atoms with Crippen LogP contribution in [-0.4, -0.2) is 21.0 Å².